The van der Waals surface area contributed by atoms with Gasteiger partial charge in [0.15, 0.2) is 12.1 Å². The predicted molar refractivity (Wildman–Crippen MR) is 66.8 cm³/mol. The Kier molecular flexibility index (Phi) is 4.09. The minimum Gasteiger partial charge on any atom is -0.491 e. The number of carbonyl (C=O) groups excluding carboxylic acids is 1. The lowest BCUT2D eigenvalue weighted by atomic mass is 10.2. The summed E-state index contributed by atoms with van der Waals surface area (Å²) < 4.78 is 10.4. The first-order valence-electron chi connectivity index (χ1n) is 5.56. The van der Waals surface area contributed by atoms with Crippen molar-refractivity contribution in [2.75, 3.05) is 20.3 Å². The zero-order valence-corrected chi connectivity index (χ0v) is 10.1. The Morgan fingerprint density at radius 3 is 2.67 bits per heavy atom. The van der Waals surface area contributed by atoms with E-state index in [9.17, 15) is 4.79 Å². The molecule has 2 rings (SSSR count). The molecule has 0 saturated heterocycles. The molecule has 0 aliphatic rings. The number of aromatic nitrogens is 2. The van der Waals surface area contributed by atoms with Crippen LogP contribution < -0.4 is 4.74 Å². The van der Waals surface area contributed by atoms with Crippen LogP contribution in [0.2, 0.25) is 0 Å². The summed E-state index contributed by atoms with van der Waals surface area (Å²) in [6.45, 7) is 1.08. The summed E-state index contributed by atoms with van der Waals surface area (Å²) in [5, 5.41) is 0. The van der Waals surface area contributed by atoms with Gasteiger partial charge in [-0.1, -0.05) is 0 Å². The van der Waals surface area contributed by atoms with Gasteiger partial charge in [0.1, 0.15) is 12.4 Å². The molecule has 0 fully saturated rings. The maximum absolute atomic E-state index is 10.5. The number of rotatable bonds is 6. The van der Waals surface area contributed by atoms with Gasteiger partial charge in [-0.25, -0.2) is 4.98 Å². The van der Waals surface area contributed by atoms with E-state index >= 15 is 0 Å². The molecule has 0 amide bonds. The summed E-state index contributed by atoms with van der Waals surface area (Å²) in [5.41, 5.74) is 1.76. The number of nitrogens with zero attached hydrogens (tertiary/aromatic N) is 1. The molecule has 0 bridgehead atoms. The largest absolute Gasteiger partial charge is 0.491 e. The predicted octanol–water partition coefficient (Wildman–Crippen LogP) is 1.91. The molecule has 0 saturated carbocycles. The quantitative estimate of drug-likeness (QED) is 0.624. The molecule has 18 heavy (non-hydrogen) atoms. The number of nitrogens with one attached hydrogen (secondary N) is 1. The van der Waals surface area contributed by atoms with Crippen LogP contribution in [-0.2, 0) is 4.74 Å². The van der Waals surface area contributed by atoms with Crippen molar-refractivity contribution in [3.8, 4) is 17.0 Å². The first kappa shape index (κ1) is 12.3. The molecular formula is C13H14N2O3. The molecule has 0 atom stereocenters. The Morgan fingerprint density at radius 1 is 1.28 bits per heavy atom. The maximum Gasteiger partial charge on any atom is 0.185 e. The molecule has 2 aromatic rings. The van der Waals surface area contributed by atoms with Crippen molar-refractivity contribution in [3.05, 3.63) is 36.3 Å². The summed E-state index contributed by atoms with van der Waals surface area (Å²) in [4.78, 5) is 17.4. The Morgan fingerprint density at radius 2 is 2.06 bits per heavy atom. The van der Waals surface area contributed by atoms with E-state index in [-0.39, 0.29) is 0 Å². The van der Waals surface area contributed by atoms with Gasteiger partial charge in [0.05, 0.1) is 18.5 Å². The van der Waals surface area contributed by atoms with E-state index in [2.05, 4.69) is 9.97 Å². The molecule has 5 heteroatoms. The summed E-state index contributed by atoms with van der Waals surface area (Å²) in [7, 11) is 1.63. The van der Waals surface area contributed by atoms with Gasteiger partial charge in [-0.05, 0) is 29.8 Å². The normalized spacial score (nSPS) is 10.3. The molecule has 94 valence electrons. The van der Waals surface area contributed by atoms with Gasteiger partial charge in [0.2, 0.25) is 0 Å². The molecule has 5 nitrogen and oxygen atoms in total. The van der Waals surface area contributed by atoms with Crippen molar-refractivity contribution >= 4 is 6.29 Å². The second kappa shape index (κ2) is 5.97. The number of carbonyl (C=O) groups is 1. The lowest BCUT2D eigenvalue weighted by Crippen LogP contribution is -2.03. The third-order valence-electron chi connectivity index (χ3n) is 2.43. The summed E-state index contributed by atoms with van der Waals surface area (Å²) in [5.74, 6) is 1.11. The minimum absolute atomic E-state index is 0.324. The number of imidazole rings is 1. The Hall–Kier alpha value is -2.14. The van der Waals surface area contributed by atoms with E-state index in [1.807, 2.05) is 24.3 Å². The fourth-order valence-corrected chi connectivity index (χ4v) is 1.52. The van der Waals surface area contributed by atoms with Gasteiger partial charge in [0.25, 0.3) is 0 Å². The SMILES string of the molecule is COCCOc1ccc(-c2cnc(C=O)[nH]2)cc1. The average Bonchev–Trinajstić information content (AvgIpc) is 2.89. The van der Waals surface area contributed by atoms with Gasteiger partial charge in [0, 0.05) is 7.11 Å². The zero-order chi connectivity index (χ0) is 12.8. The molecule has 1 aromatic heterocycles. The van der Waals surface area contributed by atoms with E-state index in [1.54, 1.807) is 13.3 Å². The number of H-pyrrole nitrogens is 1. The van der Waals surface area contributed by atoms with Crippen LogP contribution in [0, 0.1) is 0 Å². The third-order valence-corrected chi connectivity index (χ3v) is 2.43. The Labute approximate surface area is 105 Å². The highest BCUT2D eigenvalue weighted by Crippen LogP contribution is 2.20. The summed E-state index contributed by atoms with van der Waals surface area (Å²) >= 11 is 0. The zero-order valence-electron chi connectivity index (χ0n) is 10.1. The van der Waals surface area contributed by atoms with Crippen molar-refractivity contribution in [2.45, 2.75) is 0 Å². The van der Waals surface area contributed by atoms with Crippen LogP contribution in [0.25, 0.3) is 11.3 Å². The summed E-state index contributed by atoms with van der Waals surface area (Å²) in [6.07, 6.45) is 2.32. The molecule has 1 heterocycles. The van der Waals surface area contributed by atoms with E-state index in [1.165, 1.54) is 0 Å². The first-order valence-corrected chi connectivity index (χ1v) is 5.56. The second-order valence-electron chi connectivity index (χ2n) is 3.67. The molecule has 0 unspecified atom stereocenters. The average molecular weight is 246 g/mol. The third kappa shape index (κ3) is 2.95. The van der Waals surface area contributed by atoms with E-state index in [4.69, 9.17) is 9.47 Å². The highest BCUT2D eigenvalue weighted by molar-refractivity contribution is 5.71. The number of methoxy groups -OCH3 is 1. The fourth-order valence-electron chi connectivity index (χ4n) is 1.52. The van der Waals surface area contributed by atoms with Crippen LogP contribution in [0.1, 0.15) is 10.6 Å². The number of hydrogen-bond donors (Lipinski definition) is 1. The van der Waals surface area contributed by atoms with Crippen molar-refractivity contribution in [1.29, 1.82) is 0 Å². The van der Waals surface area contributed by atoms with Crippen LogP contribution >= 0.6 is 0 Å². The van der Waals surface area contributed by atoms with Crippen LogP contribution in [0.15, 0.2) is 30.5 Å². The van der Waals surface area contributed by atoms with Crippen LogP contribution in [-0.4, -0.2) is 36.6 Å². The molecule has 1 aromatic carbocycles. The molecule has 0 aliphatic carbocycles. The monoisotopic (exact) mass is 246 g/mol. The van der Waals surface area contributed by atoms with Crippen molar-refractivity contribution < 1.29 is 14.3 Å². The molecule has 0 aliphatic heterocycles. The number of ether oxygens (including phenoxy) is 2. The smallest absolute Gasteiger partial charge is 0.185 e. The molecule has 1 N–H and O–H groups in total. The minimum atomic E-state index is 0.324. The number of aromatic amines is 1. The lowest BCUT2D eigenvalue weighted by molar-refractivity contribution is 0.111. The van der Waals surface area contributed by atoms with E-state index in [0.29, 0.717) is 25.3 Å². The van der Waals surface area contributed by atoms with Crippen LogP contribution in [0.4, 0.5) is 0 Å². The van der Waals surface area contributed by atoms with E-state index < -0.39 is 0 Å². The van der Waals surface area contributed by atoms with Gasteiger partial charge >= 0.3 is 0 Å². The van der Waals surface area contributed by atoms with Gasteiger partial charge in [-0.15, -0.1) is 0 Å². The topological polar surface area (TPSA) is 64.2 Å². The van der Waals surface area contributed by atoms with Gasteiger partial charge in [-0.2, -0.15) is 0 Å². The van der Waals surface area contributed by atoms with Crippen LogP contribution in [0.5, 0.6) is 5.75 Å². The Balaban J connectivity index is 2.04. The highest BCUT2D eigenvalue weighted by Gasteiger charge is 2.02. The Bertz CT molecular complexity index is 505. The van der Waals surface area contributed by atoms with E-state index in [0.717, 1.165) is 17.0 Å². The second-order valence-corrected chi connectivity index (χ2v) is 3.67. The first-order chi connectivity index (χ1) is 8.83. The van der Waals surface area contributed by atoms with Crippen molar-refractivity contribution in [1.82, 2.24) is 9.97 Å². The van der Waals surface area contributed by atoms with Gasteiger partial charge < -0.3 is 14.5 Å². The molecule has 0 radical (unpaired) electrons. The molecular weight excluding hydrogens is 232 g/mol. The van der Waals surface area contributed by atoms with Crippen molar-refractivity contribution in [3.63, 3.8) is 0 Å². The standard InChI is InChI=1S/C13H14N2O3/c1-17-6-7-18-11-4-2-10(3-5-11)12-8-14-13(9-16)15-12/h2-5,8-9H,6-7H2,1H3,(H,14,15). The molecule has 0 spiro atoms. The van der Waals surface area contributed by atoms with Crippen molar-refractivity contribution in [2.24, 2.45) is 0 Å². The van der Waals surface area contributed by atoms with Crippen LogP contribution in [0.3, 0.4) is 0 Å². The number of hydrogen-bond acceptors (Lipinski definition) is 4. The fraction of sp³-hybridized carbons (Fsp3) is 0.231. The summed E-state index contributed by atoms with van der Waals surface area (Å²) in [6, 6.07) is 7.55. The van der Waals surface area contributed by atoms with Gasteiger partial charge in [-0.3, -0.25) is 4.79 Å². The maximum atomic E-state index is 10.5. The number of aldehydes is 1. The lowest BCUT2D eigenvalue weighted by Gasteiger charge is -2.05. The highest BCUT2D eigenvalue weighted by atomic mass is 16.5. The number of benzene rings is 1.